The molecule has 0 aromatic heterocycles. The predicted molar refractivity (Wildman–Crippen MR) is 85.9 cm³/mol. The maximum atomic E-state index is 4.69. The molecule has 1 aliphatic rings. The molecule has 0 aliphatic carbocycles. The van der Waals surface area contributed by atoms with Gasteiger partial charge in [-0.15, -0.1) is 0 Å². The van der Waals surface area contributed by atoms with E-state index in [1.54, 1.807) is 0 Å². The molecule has 2 aromatic rings. The van der Waals surface area contributed by atoms with Gasteiger partial charge in [0.05, 0.1) is 0 Å². The van der Waals surface area contributed by atoms with E-state index in [1.165, 1.54) is 20.4 Å². The number of hydrogen-bond acceptors (Lipinski definition) is 2. The molecule has 2 aromatic carbocycles. The van der Waals surface area contributed by atoms with Crippen molar-refractivity contribution in [3.8, 4) is 0 Å². The summed E-state index contributed by atoms with van der Waals surface area (Å²) < 4.78 is 1.49. The van der Waals surface area contributed by atoms with Gasteiger partial charge in [0.1, 0.15) is 0 Å². The summed E-state index contributed by atoms with van der Waals surface area (Å²) in [6.45, 7) is 0.976. The van der Waals surface area contributed by atoms with E-state index in [2.05, 4.69) is 65.7 Å². The Morgan fingerprint density at radius 2 is 1.68 bits per heavy atom. The Morgan fingerprint density at radius 3 is 2.42 bits per heavy atom. The first-order chi connectivity index (χ1) is 9.42. The van der Waals surface area contributed by atoms with Gasteiger partial charge in [-0.25, -0.2) is 0 Å². The normalized spacial score (nSPS) is 18.3. The molecule has 0 fully saturated rings. The molecular weight excluding hydrogens is 317 g/mol. The van der Waals surface area contributed by atoms with Gasteiger partial charge in [0.15, 0.2) is 0 Å². The molecule has 0 bridgehead atoms. The van der Waals surface area contributed by atoms with Gasteiger partial charge < -0.3 is 0 Å². The predicted octanol–water partition coefficient (Wildman–Crippen LogP) is 3.00. The summed E-state index contributed by atoms with van der Waals surface area (Å²) in [5.74, 6) is 0. The molecule has 0 saturated carbocycles. The number of hydrogen-bond donors (Lipinski definition) is 0. The average molecular weight is 332 g/mol. The van der Waals surface area contributed by atoms with Crippen LogP contribution in [0.15, 0.2) is 65.7 Å². The minimum absolute atomic E-state index is 0.570. The maximum absolute atomic E-state index is 4.69. The van der Waals surface area contributed by atoms with E-state index < -0.39 is 0 Å². The second-order valence-electron chi connectivity index (χ2n) is 4.38. The fourth-order valence-corrected chi connectivity index (χ4v) is 5.43. The summed E-state index contributed by atoms with van der Waals surface area (Å²) in [6, 6.07) is 21.3. The van der Waals surface area contributed by atoms with Crippen LogP contribution < -0.4 is 4.46 Å². The van der Waals surface area contributed by atoms with Crippen molar-refractivity contribution in [3.05, 3.63) is 66.2 Å². The Morgan fingerprint density at radius 1 is 1.00 bits per heavy atom. The number of nitrogens with zero attached hydrogens (tertiary/aromatic N) is 1. The first kappa shape index (κ1) is 13.0. The molecule has 1 aliphatic heterocycles. The second-order valence-corrected chi connectivity index (χ2v) is 7.96. The van der Waals surface area contributed by atoms with Crippen LogP contribution in [0.5, 0.6) is 0 Å². The molecule has 19 heavy (non-hydrogen) atoms. The average Bonchev–Trinajstić information content (AvgIpc) is 2.96. The molecule has 0 N–H and O–H groups in total. The van der Waals surface area contributed by atoms with Crippen molar-refractivity contribution < 1.29 is 0 Å². The van der Waals surface area contributed by atoms with Gasteiger partial charge in [-0.05, 0) is 0 Å². The monoisotopic (exact) mass is 333 g/mol. The van der Waals surface area contributed by atoms with Gasteiger partial charge in [-0.1, -0.05) is 0 Å². The van der Waals surface area contributed by atoms with E-state index in [4.69, 9.17) is 0 Å². The molecule has 1 unspecified atom stereocenters. The van der Waals surface area contributed by atoms with Gasteiger partial charge in [0.2, 0.25) is 0 Å². The topological polar surface area (TPSA) is 12.4 Å². The van der Waals surface area contributed by atoms with Crippen molar-refractivity contribution in [2.24, 2.45) is 4.99 Å². The summed E-state index contributed by atoms with van der Waals surface area (Å²) in [5.41, 5.74) is 1.27. The van der Waals surface area contributed by atoms with Crippen molar-refractivity contribution in [1.82, 2.24) is 0 Å². The van der Waals surface area contributed by atoms with Crippen LogP contribution >= 0.6 is 11.8 Å². The first-order valence-corrected chi connectivity index (χ1v) is 9.31. The Bertz CT molecular complexity index is 553. The number of thioether (sulfide) groups is 1. The van der Waals surface area contributed by atoms with E-state index >= 15 is 0 Å². The van der Waals surface area contributed by atoms with Crippen molar-refractivity contribution in [2.75, 3.05) is 6.54 Å². The third-order valence-electron chi connectivity index (χ3n) is 2.92. The Labute approximate surface area is 124 Å². The van der Waals surface area contributed by atoms with Crippen LogP contribution in [-0.4, -0.2) is 31.8 Å². The molecule has 0 spiro atoms. The Hall–Kier alpha value is -1.02. The number of aliphatic imine (C=N–C) groups is 1. The fraction of sp³-hybridized carbons (Fsp3) is 0.188. The SMILES string of the molecule is c1ccc([Se]CC2CN=C(c3ccccc3)S2)cc1. The third-order valence-corrected chi connectivity index (χ3v) is 7.09. The van der Waals surface area contributed by atoms with Crippen molar-refractivity contribution in [1.29, 1.82) is 0 Å². The molecule has 3 heteroatoms. The van der Waals surface area contributed by atoms with Crippen molar-refractivity contribution >= 4 is 36.2 Å². The van der Waals surface area contributed by atoms with Crippen LogP contribution in [0.2, 0.25) is 5.32 Å². The summed E-state index contributed by atoms with van der Waals surface area (Å²) in [5, 5.41) is 3.14. The van der Waals surface area contributed by atoms with Gasteiger partial charge in [-0.2, -0.15) is 0 Å². The Balaban J connectivity index is 1.54. The first-order valence-electron chi connectivity index (χ1n) is 6.36. The number of rotatable bonds is 4. The van der Waals surface area contributed by atoms with Crippen LogP contribution in [0.3, 0.4) is 0 Å². The Kier molecular flexibility index (Phi) is 4.39. The molecule has 96 valence electrons. The summed E-state index contributed by atoms with van der Waals surface area (Å²) in [6.07, 6.45) is 0. The third kappa shape index (κ3) is 3.50. The molecule has 0 radical (unpaired) electrons. The zero-order valence-electron chi connectivity index (χ0n) is 10.5. The zero-order valence-corrected chi connectivity index (χ0v) is 13.1. The molecule has 0 saturated heterocycles. The second kappa shape index (κ2) is 6.42. The van der Waals surface area contributed by atoms with Crippen LogP contribution in [0.25, 0.3) is 0 Å². The molecule has 0 amide bonds. The van der Waals surface area contributed by atoms with Gasteiger partial charge >= 0.3 is 125 Å². The summed E-state index contributed by atoms with van der Waals surface area (Å²) in [7, 11) is 0. The molecule has 1 atom stereocenters. The van der Waals surface area contributed by atoms with Gasteiger partial charge in [0, 0.05) is 0 Å². The zero-order chi connectivity index (χ0) is 12.9. The molecular formula is C16H15NSSe. The van der Waals surface area contributed by atoms with Crippen LogP contribution in [-0.2, 0) is 0 Å². The van der Waals surface area contributed by atoms with E-state index in [0.29, 0.717) is 20.2 Å². The van der Waals surface area contributed by atoms with E-state index in [1.807, 2.05) is 11.8 Å². The molecule has 1 heterocycles. The van der Waals surface area contributed by atoms with E-state index in [-0.39, 0.29) is 0 Å². The van der Waals surface area contributed by atoms with E-state index in [0.717, 1.165) is 6.54 Å². The van der Waals surface area contributed by atoms with Gasteiger partial charge in [0.25, 0.3) is 0 Å². The summed E-state index contributed by atoms with van der Waals surface area (Å²) in [4.78, 5) is 4.69. The molecule has 1 nitrogen and oxygen atoms in total. The van der Waals surface area contributed by atoms with E-state index in [9.17, 15) is 0 Å². The van der Waals surface area contributed by atoms with Crippen molar-refractivity contribution in [3.63, 3.8) is 0 Å². The minimum atomic E-state index is 0.570. The van der Waals surface area contributed by atoms with Crippen LogP contribution in [0.1, 0.15) is 5.56 Å². The van der Waals surface area contributed by atoms with Crippen LogP contribution in [0, 0.1) is 0 Å². The summed E-state index contributed by atoms with van der Waals surface area (Å²) >= 11 is 2.52. The van der Waals surface area contributed by atoms with Crippen molar-refractivity contribution in [2.45, 2.75) is 10.6 Å². The standard InChI is InChI=1S/C16H15NSSe/c1-3-7-13(8-4-1)16-17-11-14(18-16)12-19-15-9-5-2-6-10-15/h1-10,14H,11-12H2. The van der Waals surface area contributed by atoms with Gasteiger partial charge in [-0.3, -0.25) is 0 Å². The molecule has 3 rings (SSSR count). The number of benzene rings is 2. The van der Waals surface area contributed by atoms with Crippen LogP contribution in [0.4, 0.5) is 0 Å². The quantitative estimate of drug-likeness (QED) is 0.784. The fourth-order valence-electron chi connectivity index (χ4n) is 1.95.